The minimum Gasteiger partial charge on any atom is -0.481 e. The number of anilines is 1. The lowest BCUT2D eigenvalue weighted by Crippen LogP contribution is -2.12. The molecule has 2 N–H and O–H groups in total. The second kappa shape index (κ2) is 3.12. The lowest BCUT2D eigenvalue weighted by Gasteiger charge is -2.10. The van der Waals surface area contributed by atoms with Gasteiger partial charge < -0.3 is 10.5 Å². The van der Waals surface area contributed by atoms with Crippen molar-refractivity contribution < 1.29 is 13.5 Å². The van der Waals surface area contributed by atoms with Crippen molar-refractivity contribution in [2.45, 2.75) is 12.8 Å². The maximum absolute atomic E-state index is 12.7. The molecule has 0 saturated carbocycles. The summed E-state index contributed by atoms with van der Waals surface area (Å²) < 4.78 is 30.2. The van der Waals surface area contributed by atoms with Crippen molar-refractivity contribution in [2.24, 2.45) is 0 Å². The van der Waals surface area contributed by atoms with Crippen molar-refractivity contribution in [2.75, 3.05) is 12.8 Å². The van der Waals surface area contributed by atoms with Crippen LogP contribution in [0.25, 0.3) is 0 Å². The number of methoxy groups -OCH3 is 1. The standard InChI is InChI=1S/C7H9F2N3O/c1-7(8,9)4-3-5(13-2)12-6(10)11-4/h3H,1-2H3,(H2,10,11,12). The summed E-state index contributed by atoms with van der Waals surface area (Å²) in [7, 11) is 1.32. The van der Waals surface area contributed by atoms with Crippen LogP contribution in [0.1, 0.15) is 12.6 Å². The Hall–Kier alpha value is -1.46. The van der Waals surface area contributed by atoms with Gasteiger partial charge in [-0.1, -0.05) is 0 Å². The second-order valence-corrected chi connectivity index (χ2v) is 2.54. The van der Waals surface area contributed by atoms with E-state index in [0.29, 0.717) is 0 Å². The molecule has 0 bridgehead atoms. The maximum atomic E-state index is 12.7. The number of aromatic nitrogens is 2. The molecule has 0 aromatic carbocycles. The third-order valence-corrected chi connectivity index (χ3v) is 1.38. The summed E-state index contributed by atoms with van der Waals surface area (Å²) >= 11 is 0. The van der Waals surface area contributed by atoms with E-state index in [9.17, 15) is 8.78 Å². The van der Waals surface area contributed by atoms with Gasteiger partial charge in [-0.15, -0.1) is 0 Å². The first-order valence-corrected chi connectivity index (χ1v) is 3.50. The highest BCUT2D eigenvalue weighted by Gasteiger charge is 2.27. The monoisotopic (exact) mass is 189 g/mol. The summed E-state index contributed by atoms with van der Waals surface area (Å²) in [5.41, 5.74) is 4.75. The number of hydrogen-bond donors (Lipinski definition) is 1. The van der Waals surface area contributed by atoms with Crippen LogP contribution in [0, 0.1) is 0 Å². The molecule has 0 aliphatic heterocycles. The number of halogens is 2. The summed E-state index contributed by atoms with van der Waals surface area (Å²) in [6.07, 6.45) is 0. The van der Waals surface area contributed by atoms with Gasteiger partial charge in [-0.25, -0.2) is 4.98 Å². The first-order chi connectivity index (χ1) is 5.93. The molecule has 1 aromatic rings. The van der Waals surface area contributed by atoms with E-state index in [1.54, 1.807) is 0 Å². The van der Waals surface area contributed by atoms with Gasteiger partial charge in [-0.05, 0) is 0 Å². The molecule has 0 radical (unpaired) electrons. The lowest BCUT2D eigenvalue weighted by molar-refractivity contribution is 0.0125. The molecule has 1 aromatic heterocycles. The molecular formula is C7H9F2N3O. The van der Waals surface area contributed by atoms with Gasteiger partial charge in [0.2, 0.25) is 11.8 Å². The number of hydrogen-bond acceptors (Lipinski definition) is 4. The molecule has 0 aliphatic carbocycles. The molecule has 1 rings (SSSR count). The largest absolute Gasteiger partial charge is 0.481 e. The van der Waals surface area contributed by atoms with Gasteiger partial charge >= 0.3 is 0 Å². The normalized spacial score (nSPS) is 11.4. The summed E-state index contributed by atoms with van der Waals surface area (Å²) in [6.45, 7) is 0.730. The second-order valence-electron chi connectivity index (χ2n) is 2.54. The molecule has 0 saturated heterocycles. The molecule has 0 fully saturated rings. The number of nitrogen functional groups attached to an aromatic ring is 1. The molecule has 0 atom stereocenters. The van der Waals surface area contributed by atoms with Crippen molar-refractivity contribution >= 4 is 5.95 Å². The molecule has 13 heavy (non-hydrogen) atoms. The predicted octanol–water partition coefficient (Wildman–Crippen LogP) is 1.18. The molecule has 4 nitrogen and oxygen atoms in total. The molecule has 6 heteroatoms. The van der Waals surface area contributed by atoms with E-state index in [4.69, 9.17) is 5.73 Å². The van der Waals surface area contributed by atoms with E-state index in [-0.39, 0.29) is 11.8 Å². The third kappa shape index (κ3) is 2.24. The number of nitrogens with two attached hydrogens (primary N) is 1. The molecule has 0 amide bonds. The fourth-order valence-electron chi connectivity index (χ4n) is 0.772. The van der Waals surface area contributed by atoms with Crippen LogP contribution in [-0.2, 0) is 5.92 Å². The van der Waals surface area contributed by atoms with Gasteiger partial charge in [0.05, 0.1) is 7.11 Å². The Balaban J connectivity index is 3.16. The Kier molecular flexibility index (Phi) is 2.31. The summed E-state index contributed by atoms with van der Waals surface area (Å²) in [5.74, 6) is -3.23. The average molecular weight is 189 g/mol. The number of ether oxygens (including phenoxy) is 1. The van der Waals surface area contributed by atoms with E-state index in [0.717, 1.165) is 13.0 Å². The van der Waals surface area contributed by atoms with Crippen molar-refractivity contribution in [3.63, 3.8) is 0 Å². The van der Waals surface area contributed by atoms with Crippen LogP contribution in [0.3, 0.4) is 0 Å². The number of nitrogens with zero attached hydrogens (tertiary/aromatic N) is 2. The topological polar surface area (TPSA) is 61.0 Å². The van der Waals surface area contributed by atoms with E-state index in [1.165, 1.54) is 7.11 Å². The van der Waals surface area contributed by atoms with Crippen molar-refractivity contribution in [1.29, 1.82) is 0 Å². The van der Waals surface area contributed by atoms with Gasteiger partial charge in [0.1, 0.15) is 5.69 Å². The zero-order valence-electron chi connectivity index (χ0n) is 7.21. The van der Waals surface area contributed by atoms with Gasteiger partial charge in [0.25, 0.3) is 5.92 Å². The fourth-order valence-corrected chi connectivity index (χ4v) is 0.772. The van der Waals surface area contributed by atoms with Gasteiger partial charge in [0.15, 0.2) is 0 Å². The third-order valence-electron chi connectivity index (χ3n) is 1.38. The van der Waals surface area contributed by atoms with E-state index in [2.05, 4.69) is 14.7 Å². The molecular weight excluding hydrogens is 180 g/mol. The van der Waals surface area contributed by atoms with E-state index < -0.39 is 11.6 Å². The quantitative estimate of drug-likeness (QED) is 0.758. The van der Waals surface area contributed by atoms with Crippen LogP contribution in [-0.4, -0.2) is 17.1 Å². The van der Waals surface area contributed by atoms with Crippen molar-refractivity contribution in [1.82, 2.24) is 9.97 Å². The van der Waals surface area contributed by atoms with Gasteiger partial charge in [-0.3, -0.25) is 0 Å². The summed E-state index contributed by atoms with van der Waals surface area (Å²) in [5, 5.41) is 0. The molecule has 0 aliphatic rings. The Bertz CT molecular complexity index is 311. The first kappa shape index (κ1) is 9.63. The Morgan fingerprint density at radius 2 is 2.08 bits per heavy atom. The highest BCUT2D eigenvalue weighted by molar-refractivity contribution is 5.27. The molecule has 0 unspecified atom stereocenters. The average Bonchev–Trinajstić information content (AvgIpc) is 2.01. The zero-order chi connectivity index (χ0) is 10.1. The molecule has 72 valence electrons. The Labute approximate surface area is 73.8 Å². The fraction of sp³-hybridized carbons (Fsp3) is 0.429. The molecule has 1 heterocycles. The summed E-state index contributed by atoms with van der Waals surface area (Å²) in [6, 6.07) is 1.05. The number of alkyl halides is 2. The SMILES string of the molecule is COc1cc(C(C)(F)F)nc(N)n1. The highest BCUT2D eigenvalue weighted by Crippen LogP contribution is 2.27. The van der Waals surface area contributed by atoms with Gasteiger partial charge in [-0.2, -0.15) is 13.8 Å². The maximum Gasteiger partial charge on any atom is 0.287 e. The minimum absolute atomic E-state index is 0.0315. The van der Waals surface area contributed by atoms with Crippen LogP contribution < -0.4 is 10.5 Å². The van der Waals surface area contributed by atoms with Crippen LogP contribution in [0.5, 0.6) is 5.88 Å². The summed E-state index contributed by atoms with van der Waals surface area (Å²) in [4.78, 5) is 6.97. The highest BCUT2D eigenvalue weighted by atomic mass is 19.3. The zero-order valence-corrected chi connectivity index (χ0v) is 7.21. The Morgan fingerprint density at radius 1 is 1.46 bits per heavy atom. The molecule has 0 spiro atoms. The van der Waals surface area contributed by atoms with Crippen LogP contribution in [0.15, 0.2) is 6.07 Å². The van der Waals surface area contributed by atoms with Crippen molar-refractivity contribution in [3.8, 4) is 5.88 Å². The predicted molar refractivity (Wildman–Crippen MR) is 42.6 cm³/mol. The van der Waals surface area contributed by atoms with Gasteiger partial charge in [0, 0.05) is 13.0 Å². The van der Waals surface area contributed by atoms with Crippen LogP contribution >= 0.6 is 0 Å². The smallest absolute Gasteiger partial charge is 0.287 e. The first-order valence-electron chi connectivity index (χ1n) is 3.50. The van der Waals surface area contributed by atoms with Crippen molar-refractivity contribution in [3.05, 3.63) is 11.8 Å². The van der Waals surface area contributed by atoms with E-state index in [1.807, 2.05) is 0 Å². The lowest BCUT2D eigenvalue weighted by atomic mass is 10.2. The number of rotatable bonds is 2. The van der Waals surface area contributed by atoms with Crippen LogP contribution in [0.4, 0.5) is 14.7 Å². The Morgan fingerprint density at radius 3 is 2.54 bits per heavy atom. The van der Waals surface area contributed by atoms with E-state index >= 15 is 0 Å². The van der Waals surface area contributed by atoms with Crippen LogP contribution in [0.2, 0.25) is 0 Å². The minimum atomic E-state index is -3.04.